The first kappa shape index (κ1) is 17.5. The zero-order valence-corrected chi connectivity index (χ0v) is 11.6. The molecule has 1 aromatic rings. The van der Waals surface area contributed by atoms with Crippen molar-refractivity contribution in [3.63, 3.8) is 0 Å². The number of ether oxygens (including phenoxy) is 1. The molecule has 114 valence electrons. The van der Waals surface area contributed by atoms with Crippen LogP contribution in [0.5, 0.6) is 0 Å². The Morgan fingerprint density at radius 3 is 2.52 bits per heavy atom. The Kier molecular flexibility index (Phi) is 5.77. The minimum absolute atomic E-state index is 0.106. The molecule has 21 heavy (non-hydrogen) atoms. The molecule has 1 atom stereocenters. The number of methoxy groups -OCH3 is 1. The molecule has 1 amide bonds. The fourth-order valence-electron chi connectivity index (χ4n) is 1.85. The third-order valence-electron chi connectivity index (χ3n) is 2.85. The van der Waals surface area contributed by atoms with E-state index in [0.29, 0.717) is 4.90 Å². The lowest BCUT2D eigenvalue weighted by atomic mass is 9.90. The van der Waals surface area contributed by atoms with Crippen LogP contribution < -0.4 is 5.46 Å². The van der Waals surface area contributed by atoms with Crippen LogP contribution in [0.2, 0.25) is 0 Å². The van der Waals surface area contributed by atoms with Gasteiger partial charge in [0.2, 0.25) is 5.91 Å². The number of nitrogens with zero attached hydrogens (tertiary/aromatic N) is 1. The lowest BCUT2D eigenvalue weighted by Crippen LogP contribution is -2.39. The maximum Gasteiger partial charge on any atom is 0.406 e. The van der Waals surface area contributed by atoms with Crippen LogP contribution in [0.25, 0.3) is 0 Å². The van der Waals surface area contributed by atoms with Crippen LogP contribution in [0.1, 0.15) is 11.5 Å². The topological polar surface area (TPSA) is 29.5 Å². The maximum atomic E-state index is 13.4. The number of carbonyl (C=O) groups excluding carboxylic acids is 1. The third-order valence-corrected chi connectivity index (χ3v) is 2.85. The molecule has 8 heteroatoms. The van der Waals surface area contributed by atoms with Crippen molar-refractivity contribution in [2.75, 3.05) is 27.3 Å². The molecule has 0 fully saturated rings. The van der Waals surface area contributed by atoms with Gasteiger partial charge in [-0.3, -0.25) is 4.79 Å². The fraction of sp³-hybridized carbons (Fsp3) is 0.462. The molecule has 1 unspecified atom stereocenters. The predicted octanol–water partition coefficient (Wildman–Crippen LogP) is 1.37. The summed E-state index contributed by atoms with van der Waals surface area (Å²) in [4.78, 5) is 12.6. The van der Waals surface area contributed by atoms with Gasteiger partial charge in [0, 0.05) is 14.2 Å². The number of hydrogen-bond acceptors (Lipinski definition) is 2. The van der Waals surface area contributed by atoms with Gasteiger partial charge in [0.25, 0.3) is 0 Å². The van der Waals surface area contributed by atoms with E-state index in [0.717, 1.165) is 13.1 Å². The molecule has 0 aliphatic heterocycles. The number of likely N-dealkylation sites (N-methyl/N-ethyl adjacent to an activating group) is 1. The summed E-state index contributed by atoms with van der Waals surface area (Å²) in [5.74, 6) is -2.57. The van der Waals surface area contributed by atoms with E-state index in [-0.39, 0.29) is 17.6 Å². The van der Waals surface area contributed by atoms with Crippen molar-refractivity contribution in [2.45, 2.75) is 12.1 Å². The van der Waals surface area contributed by atoms with E-state index in [9.17, 15) is 22.4 Å². The Labute approximate surface area is 121 Å². The summed E-state index contributed by atoms with van der Waals surface area (Å²) < 4.78 is 55.3. The Bertz CT molecular complexity index is 507. The van der Waals surface area contributed by atoms with E-state index in [1.54, 1.807) is 0 Å². The first-order valence-electron chi connectivity index (χ1n) is 6.01. The summed E-state index contributed by atoms with van der Waals surface area (Å²) in [6.07, 6.45) is -4.51. The molecule has 0 heterocycles. The third kappa shape index (κ3) is 5.04. The Morgan fingerprint density at radius 1 is 1.43 bits per heavy atom. The van der Waals surface area contributed by atoms with Crippen LogP contribution in [-0.2, 0) is 9.53 Å². The smallest absolute Gasteiger partial charge is 0.384 e. The van der Waals surface area contributed by atoms with E-state index >= 15 is 0 Å². The van der Waals surface area contributed by atoms with Crippen molar-refractivity contribution in [1.29, 1.82) is 0 Å². The van der Waals surface area contributed by atoms with Gasteiger partial charge >= 0.3 is 6.18 Å². The summed E-state index contributed by atoms with van der Waals surface area (Å²) in [6.45, 7) is -1.55. The van der Waals surface area contributed by atoms with Gasteiger partial charge in [-0.25, -0.2) is 4.39 Å². The van der Waals surface area contributed by atoms with Gasteiger partial charge in [-0.15, -0.1) is 0 Å². The predicted molar refractivity (Wildman–Crippen MR) is 70.1 cm³/mol. The zero-order chi connectivity index (χ0) is 16.2. The number of hydrogen-bond donors (Lipinski definition) is 0. The molecule has 1 aromatic carbocycles. The molecule has 0 N–H and O–H groups in total. The lowest BCUT2D eigenvalue weighted by molar-refractivity contribution is -0.160. The molecule has 1 rings (SSSR count). The number of alkyl halides is 3. The van der Waals surface area contributed by atoms with E-state index < -0.39 is 30.4 Å². The largest absolute Gasteiger partial charge is 0.406 e. The number of rotatable bonds is 5. The Morgan fingerprint density at radius 2 is 2.05 bits per heavy atom. The zero-order valence-electron chi connectivity index (χ0n) is 11.6. The highest BCUT2D eigenvalue weighted by Gasteiger charge is 2.34. The molecule has 0 spiro atoms. The molecule has 3 nitrogen and oxygen atoms in total. The Balaban J connectivity index is 2.99. The quantitative estimate of drug-likeness (QED) is 0.607. The van der Waals surface area contributed by atoms with Crippen LogP contribution >= 0.6 is 0 Å². The van der Waals surface area contributed by atoms with Crippen molar-refractivity contribution >= 4 is 19.2 Å². The Hall–Kier alpha value is -1.57. The van der Waals surface area contributed by atoms with E-state index in [1.807, 2.05) is 0 Å². The second-order valence-electron chi connectivity index (χ2n) is 4.60. The standard InChI is InChI=1S/C13H14BF4NO2/c1-19(7-13(16,17)18)12(20)9(6-21-2)8-3-4-10(14)11(15)5-8/h3-5,9H,6-7H2,1-2H3. The fourth-order valence-corrected chi connectivity index (χ4v) is 1.85. The normalized spacial score (nSPS) is 13.0. The molecule has 0 saturated heterocycles. The monoisotopic (exact) mass is 303 g/mol. The summed E-state index contributed by atoms with van der Waals surface area (Å²) in [7, 11) is 7.67. The molecular formula is C13H14BF4NO2. The van der Waals surface area contributed by atoms with Crippen LogP contribution in [0.15, 0.2) is 18.2 Å². The highest BCUT2D eigenvalue weighted by atomic mass is 19.4. The van der Waals surface area contributed by atoms with Gasteiger partial charge in [0.1, 0.15) is 20.2 Å². The van der Waals surface area contributed by atoms with Gasteiger partial charge in [0.15, 0.2) is 0 Å². The van der Waals surface area contributed by atoms with E-state index in [2.05, 4.69) is 0 Å². The number of amides is 1. The molecule has 0 aliphatic rings. The van der Waals surface area contributed by atoms with Crippen LogP contribution in [0.3, 0.4) is 0 Å². The average molecular weight is 303 g/mol. The highest BCUT2D eigenvalue weighted by molar-refractivity contribution is 6.32. The molecule has 0 bridgehead atoms. The van der Waals surface area contributed by atoms with Crippen LogP contribution in [-0.4, -0.2) is 52.1 Å². The number of carbonyl (C=O) groups is 1. The first-order valence-corrected chi connectivity index (χ1v) is 6.01. The van der Waals surface area contributed by atoms with Crippen molar-refractivity contribution in [3.05, 3.63) is 29.6 Å². The van der Waals surface area contributed by atoms with Crippen molar-refractivity contribution in [1.82, 2.24) is 4.90 Å². The lowest BCUT2D eigenvalue weighted by Gasteiger charge is -2.24. The minimum atomic E-state index is -4.51. The van der Waals surface area contributed by atoms with E-state index in [4.69, 9.17) is 12.6 Å². The van der Waals surface area contributed by atoms with E-state index in [1.165, 1.54) is 19.2 Å². The second-order valence-corrected chi connectivity index (χ2v) is 4.60. The minimum Gasteiger partial charge on any atom is -0.384 e. The van der Waals surface area contributed by atoms with Crippen molar-refractivity contribution in [2.24, 2.45) is 0 Å². The van der Waals surface area contributed by atoms with Gasteiger partial charge in [-0.2, -0.15) is 13.2 Å². The summed E-state index contributed by atoms with van der Waals surface area (Å²) in [5, 5.41) is 0. The average Bonchev–Trinajstić information content (AvgIpc) is 2.36. The summed E-state index contributed by atoms with van der Waals surface area (Å²) >= 11 is 0. The van der Waals surface area contributed by atoms with Crippen LogP contribution in [0.4, 0.5) is 17.6 Å². The summed E-state index contributed by atoms with van der Waals surface area (Å²) in [5.41, 5.74) is 0.105. The molecular weight excluding hydrogens is 289 g/mol. The molecule has 0 aliphatic carbocycles. The first-order chi connectivity index (χ1) is 9.65. The molecule has 0 aromatic heterocycles. The highest BCUT2D eigenvalue weighted by Crippen LogP contribution is 2.22. The van der Waals surface area contributed by atoms with Gasteiger partial charge in [-0.1, -0.05) is 17.6 Å². The molecule has 2 radical (unpaired) electrons. The number of halogens is 4. The number of benzene rings is 1. The van der Waals surface area contributed by atoms with Crippen LogP contribution in [0, 0.1) is 5.82 Å². The summed E-state index contributed by atoms with van der Waals surface area (Å²) in [6, 6.07) is 3.67. The van der Waals surface area contributed by atoms with Crippen molar-refractivity contribution in [3.8, 4) is 0 Å². The second kappa shape index (κ2) is 6.93. The SMILES string of the molecule is [B]c1ccc(C(COC)C(=O)N(C)CC(F)(F)F)cc1F. The van der Waals surface area contributed by atoms with Crippen molar-refractivity contribution < 1.29 is 27.1 Å². The van der Waals surface area contributed by atoms with Gasteiger partial charge < -0.3 is 9.64 Å². The van der Waals surface area contributed by atoms with Gasteiger partial charge in [0.05, 0.1) is 12.5 Å². The molecule has 0 saturated carbocycles. The van der Waals surface area contributed by atoms with Gasteiger partial charge in [-0.05, 0) is 11.6 Å². The maximum absolute atomic E-state index is 13.4.